The predicted molar refractivity (Wildman–Crippen MR) is 507 cm³/mol. The highest BCUT2D eigenvalue weighted by atomic mass is 14.9. The number of benzene rings is 12. The Morgan fingerprint density at radius 1 is 0.217 bits per heavy atom. The lowest BCUT2D eigenvalue weighted by atomic mass is 9.53. The van der Waals surface area contributed by atoms with Crippen molar-refractivity contribution < 1.29 is 18.3 Å². The third kappa shape index (κ3) is 13.0. The summed E-state index contributed by atoms with van der Waals surface area (Å²) in [5.74, 6) is 0. The maximum absolute atomic E-state index is 2.46. The van der Waals surface area contributed by atoms with Crippen molar-refractivity contribution in [2.24, 2.45) is 28.2 Å². The fraction of sp³-hybridized carbons (Fsp3) is 0.276. The van der Waals surface area contributed by atoms with Crippen LogP contribution in [0.4, 0.5) is 0 Å². The molecule has 4 aliphatic carbocycles. The van der Waals surface area contributed by atoms with Gasteiger partial charge in [-0.3, -0.25) is 0 Å². The normalized spacial score (nSPS) is 15.3. The molecule has 12 aromatic carbocycles. The van der Waals surface area contributed by atoms with Crippen LogP contribution in [0.25, 0.3) is 133 Å². The van der Waals surface area contributed by atoms with Crippen LogP contribution in [0, 0.1) is 55.4 Å². The molecule has 0 radical (unpaired) electrons. The first kappa shape index (κ1) is 80.7. The molecule has 600 valence electrons. The Bertz CT molecular complexity index is 6890. The second-order valence-corrected chi connectivity index (χ2v) is 38.9. The Hall–Kier alpha value is -11.7. The van der Waals surface area contributed by atoms with E-state index in [4.69, 9.17) is 0 Å². The highest BCUT2D eigenvalue weighted by molar-refractivity contribution is 6.03. The zero-order valence-corrected chi connectivity index (χ0v) is 75.6. The Balaban J connectivity index is 0.000000114. The van der Waals surface area contributed by atoms with Crippen molar-refractivity contribution in [3.05, 3.63) is 356 Å². The third-order valence-corrected chi connectivity index (χ3v) is 30.1. The van der Waals surface area contributed by atoms with Gasteiger partial charge in [-0.05, 0) is 291 Å². The van der Waals surface area contributed by atoms with E-state index < -0.39 is 0 Å². The van der Waals surface area contributed by atoms with Gasteiger partial charge in [0.1, 0.15) is 28.2 Å². The van der Waals surface area contributed by atoms with E-state index in [-0.39, 0.29) is 32.5 Å². The first-order chi connectivity index (χ1) is 57.0. The average Bonchev–Trinajstić information content (AvgIpc) is 0.716. The molecular formula is C116H120N4+4. The Kier molecular flexibility index (Phi) is 19.9. The van der Waals surface area contributed by atoms with Crippen LogP contribution in [0.2, 0.25) is 0 Å². The fourth-order valence-corrected chi connectivity index (χ4v) is 21.0. The quantitative estimate of drug-likeness (QED) is 0.156. The Morgan fingerprint density at radius 2 is 0.567 bits per heavy atom. The molecule has 4 heterocycles. The second kappa shape index (κ2) is 29.6. The second-order valence-electron chi connectivity index (χ2n) is 38.9. The molecule has 0 atom stereocenters. The van der Waals surface area contributed by atoms with Crippen molar-refractivity contribution in [3.8, 4) is 89.5 Å². The molecule has 0 bridgehead atoms. The van der Waals surface area contributed by atoms with E-state index in [9.17, 15) is 0 Å². The van der Waals surface area contributed by atoms with Gasteiger partial charge in [0.15, 0.2) is 24.8 Å². The van der Waals surface area contributed by atoms with E-state index in [1.165, 1.54) is 222 Å². The van der Waals surface area contributed by atoms with E-state index in [1.807, 2.05) is 0 Å². The van der Waals surface area contributed by atoms with Gasteiger partial charge in [-0.2, -0.15) is 0 Å². The van der Waals surface area contributed by atoms with Gasteiger partial charge >= 0.3 is 0 Å². The number of aryl methyl sites for hydroxylation is 13. The van der Waals surface area contributed by atoms with E-state index in [0.29, 0.717) is 0 Å². The summed E-state index contributed by atoms with van der Waals surface area (Å²) in [4.78, 5) is 0. The Labute approximate surface area is 714 Å². The van der Waals surface area contributed by atoms with Crippen LogP contribution in [0.3, 0.4) is 0 Å². The third-order valence-electron chi connectivity index (χ3n) is 30.1. The minimum Gasteiger partial charge on any atom is -0.201 e. The Morgan fingerprint density at radius 3 is 1.12 bits per heavy atom. The minimum absolute atomic E-state index is 0.0237. The fourth-order valence-electron chi connectivity index (χ4n) is 21.0. The first-order valence-corrected chi connectivity index (χ1v) is 43.5. The van der Waals surface area contributed by atoms with Gasteiger partial charge < -0.3 is 0 Å². The average molecular weight is 1570 g/mol. The summed E-state index contributed by atoms with van der Waals surface area (Å²) in [6.07, 6.45) is 10.9. The zero-order valence-electron chi connectivity index (χ0n) is 75.6. The van der Waals surface area contributed by atoms with Crippen LogP contribution in [0.5, 0.6) is 0 Å². The standard InChI is InChI=1S/3C30H32N.C26H24N/c1-19-16-17-31(7)25(18-19)26-20(2)12-14-24-23-15-13-21-10-8-9-11-22(21)27(23)29(3,4)30(5,6)28(24)26;1-19-12-13-31(7)28(14-19)23-18-25-24-16-21-10-8-9-11-22(21)17-27(24)30(5,6)29(3,4)26(25)15-20(23)2;1-19-14-15-31(7)27(16-19)23-18-24-26(17-20(23)2)30(5,6)29(3,4)25-13-12-21-10-8-9-11-22(21)28(24)25;1-17-14-15-27(3)25(16-17)26-18(2)8-10-23-22-11-9-19-6-4-5-7-20(19)21(22)12-13-24(23)26/h3*8-18H,1-7H3;4-11,14-16H,12-13H2,1-3H3/q4*+1. The first-order valence-electron chi connectivity index (χ1n) is 43.5. The highest BCUT2D eigenvalue weighted by Gasteiger charge is 2.51. The highest BCUT2D eigenvalue weighted by Crippen LogP contribution is 2.61. The SMILES string of the molecule is Cc1cc[n+](C)c(-c2c(C)ccc3c2C(C)(C)C(C)(C)c2c-3ccc3ccccc23)c1.Cc1cc[n+](C)c(-c2c(C)ccc3c2CCc2c-3ccc3ccccc23)c1.Cc1cc[n+](C)c(-c2cc3c(cc2C)C(C)(C)C(C)(C)c2cc4ccccc4cc2-3)c1.Cc1cc[n+](C)c(-c2cc3c(cc2C)C(C)(C)C(C)(C)c2ccc4ccccc4c2-3)c1. The number of pyridine rings is 4. The lowest BCUT2D eigenvalue weighted by molar-refractivity contribution is -0.660. The van der Waals surface area contributed by atoms with Crippen molar-refractivity contribution in [1.29, 1.82) is 0 Å². The summed E-state index contributed by atoms with van der Waals surface area (Å²) in [7, 11) is 8.60. The van der Waals surface area contributed by atoms with Crippen molar-refractivity contribution in [3.63, 3.8) is 0 Å². The smallest absolute Gasteiger partial charge is 0.201 e. The van der Waals surface area contributed by atoms with Crippen LogP contribution >= 0.6 is 0 Å². The lowest BCUT2D eigenvalue weighted by Gasteiger charge is -2.49. The summed E-state index contributed by atoms with van der Waals surface area (Å²) >= 11 is 0. The number of hydrogen-bond acceptors (Lipinski definition) is 0. The topological polar surface area (TPSA) is 15.5 Å². The number of fused-ring (bicyclic) bond motifs is 19. The summed E-state index contributed by atoms with van der Waals surface area (Å²) in [6, 6.07) is 91.0. The molecular weight excluding hydrogens is 1450 g/mol. The maximum atomic E-state index is 2.46. The minimum atomic E-state index is -0.0441. The molecule has 0 spiro atoms. The van der Waals surface area contributed by atoms with Gasteiger partial charge in [-0.1, -0.05) is 253 Å². The number of hydrogen-bond donors (Lipinski definition) is 0. The molecule has 4 heteroatoms. The van der Waals surface area contributed by atoms with Crippen LogP contribution in [0.15, 0.2) is 267 Å². The van der Waals surface area contributed by atoms with Crippen molar-refractivity contribution in [1.82, 2.24) is 0 Å². The molecule has 4 nitrogen and oxygen atoms in total. The van der Waals surface area contributed by atoms with Gasteiger partial charge in [-0.15, -0.1) is 0 Å². The summed E-state index contributed by atoms with van der Waals surface area (Å²) in [5.41, 5.74) is 44.1. The number of rotatable bonds is 4. The molecule has 0 fully saturated rings. The van der Waals surface area contributed by atoms with Crippen LogP contribution in [-0.2, 0) is 73.5 Å². The van der Waals surface area contributed by atoms with Gasteiger partial charge in [0, 0.05) is 70.5 Å². The molecule has 0 aliphatic heterocycles. The lowest BCUT2D eigenvalue weighted by Crippen LogP contribution is -2.45. The van der Waals surface area contributed by atoms with Crippen LogP contribution in [0.1, 0.15) is 172 Å². The molecule has 20 rings (SSSR count). The van der Waals surface area contributed by atoms with Gasteiger partial charge in [-0.25, -0.2) is 18.3 Å². The monoisotopic (exact) mass is 1570 g/mol. The molecule has 0 amide bonds. The summed E-state index contributed by atoms with van der Waals surface area (Å²) in [6.45, 7) is 46.8. The molecule has 0 saturated heterocycles. The van der Waals surface area contributed by atoms with Gasteiger partial charge in [0.2, 0.25) is 22.8 Å². The van der Waals surface area contributed by atoms with Crippen molar-refractivity contribution in [2.45, 2.75) is 184 Å². The number of nitrogens with zero attached hydrogens (tertiary/aromatic N) is 4. The van der Waals surface area contributed by atoms with E-state index in [1.54, 1.807) is 0 Å². The van der Waals surface area contributed by atoms with Crippen molar-refractivity contribution in [2.75, 3.05) is 0 Å². The molecule has 0 N–H and O–H groups in total. The molecule has 0 saturated carbocycles. The van der Waals surface area contributed by atoms with E-state index in [2.05, 4.69) is 452 Å². The van der Waals surface area contributed by atoms with Crippen LogP contribution < -0.4 is 18.3 Å². The summed E-state index contributed by atoms with van der Waals surface area (Å²) in [5, 5.41) is 10.8. The maximum Gasteiger partial charge on any atom is 0.213 e. The summed E-state index contributed by atoms with van der Waals surface area (Å²) < 4.78 is 9.00. The number of aromatic nitrogens is 4. The molecule has 0 unspecified atom stereocenters. The molecule has 16 aromatic rings. The van der Waals surface area contributed by atoms with Gasteiger partial charge in [0.05, 0.1) is 11.1 Å². The van der Waals surface area contributed by atoms with Crippen molar-refractivity contribution >= 4 is 43.1 Å². The predicted octanol–water partition coefficient (Wildman–Crippen LogP) is 27.3. The van der Waals surface area contributed by atoms with E-state index in [0.717, 1.165) is 12.8 Å². The molecule has 120 heavy (non-hydrogen) atoms. The van der Waals surface area contributed by atoms with E-state index >= 15 is 0 Å². The molecule has 4 aromatic heterocycles. The van der Waals surface area contributed by atoms with Gasteiger partial charge in [0.25, 0.3) is 0 Å². The molecule has 4 aliphatic rings. The van der Waals surface area contributed by atoms with Crippen LogP contribution in [-0.4, -0.2) is 0 Å². The largest absolute Gasteiger partial charge is 0.213 e. The zero-order chi connectivity index (χ0) is 84.9.